The number of carboxylic acids is 2. The van der Waals surface area contributed by atoms with Crippen molar-refractivity contribution in [1.29, 1.82) is 0 Å². The summed E-state index contributed by atoms with van der Waals surface area (Å²) in [6.45, 7) is 0. The zero-order valence-electron chi connectivity index (χ0n) is 9.74. The number of benzene rings is 2. The zero-order valence-corrected chi connectivity index (χ0v) is 10.6. The van der Waals surface area contributed by atoms with Crippen LogP contribution < -0.4 is 0 Å². The molecule has 0 amide bonds. The second kappa shape index (κ2) is 5.58. The fourth-order valence-electron chi connectivity index (χ4n) is 1.57. The average Bonchev–Trinajstić information content (AvgIpc) is 2.39. The number of hydrogen-bond donors (Lipinski definition) is 2. The van der Waals surface area contributed by atoms with Gasteiger partial charge in [-0.2, -0.15) is 0 Å². The van der Waals surface area contributed by atoms with Gasteiger partial charge in [-0.15, -0.1) is 0 Å². The van der Waals surface area contributed by atoms with E-state index >= 15 is 0 Å². The Morgan fingerprint density at radius 1 is 0.789 bits per heavy atom. The number of carbonyl (C=O) groups is 2. The minimum absolute atomic E-state index is 0.201. The molecule has 0 saturated carbocycles. The van der Waals surface area contributed by atoms with Crippen LogP contribution in [0.5, 0.6) is 0 Å². The summed E-state index contributed by atoms with van der Waals surface area (Å²) in [7, 11) is 0. The number of rotatable bonds is 4. The fraction of sp³-hybridized carbons (Fsp3) is 0. The molecule has 0 spiro atoms. The van der Waals surface area contributed by atoms with E-state index in [1.807, 2.05) is 30.3 Å². The highest BCUT2D eigenvalue weighted by molar-refractivity contribution is 7.99. The van der Waals surface area contributed by atoms with Gasteiger partial charge in [0.2, 0.25) is 0 Å². The highest BCUT2D eigenvalue weighted by Crippen LogP contribution is 2.29. The molecule has 4 nitrogen and oxygen atoms in total. The first-order chi connectivity index (χ1) is 9.08. The van der Waals surface area contributed by atoms with Crippen molar-refractivity contribution in [3.63, 3.8) is 0 Å². The molecule has 0 aliphatic heterocycles. The van der Waals surface area contributed by atoms with Gasteiger partial charge >= 0.3 is 11.9 Å². The Bertz CT molecular complexity index is 623. The number of hydrogen-bond acceptors (Lipinski definition) is 3. The van der Waals surface area contributed by atoms with Crippen molar-refractivity contribution < 1.29 is 19.8 Å². The molecule has 0 unspecified atom stereocenters. The van der Waals surface area contributed by atoms with Crippen LogP contribution >= 0.6 is 11.8 Å². The molecule has 2 N–H and O–H groups in total. The Hall–Kier alpha value is -2.27. The molecule has 2 aromatic carbocycles. The third-order valence-electron chi connectivity index (χ3n) is 2.43. The maximum Gasteiger partial charge on any atom is 0.336 e. The first kappa shape index (κ1) is 13.2. The van der Waals surface area contributed by atoms with Crippen LogP contribution in [0.3, 0.4) is 0 Å². The van der Waals surface area contributed by atoms with Gasteiger partial charge in [-0.25, -0.2) is 9.59 Å². The van der Waals surface area contributed by atoms with Crippen LogP contribution in [0.2, 0.25) is 0 Å². The molecule has 0 aliphatic rings. The summed E-state index contributed by atoms with van der Waals surface area (Å²) >= 11 is 1.38. The van der Waals surface area contributed by atoms with Crippen LogP contribution in [0.1, 0.15) is 20.7 Å². The van der Waals surface area contributed by atoms with Crippen LogP contribution in [0, 0.1) is 0 Å². The van der Waals surface area contributed by atoms with E-state index in [2.05, 4.69) is 0 Å². The van der Waals surface area contributed by atoms with Crippen LogP contribution in [-0.2, 0) is 0 Å². The molecular weight excluding hydrogens is 264 g/mol. The summed E-state index contributed by atoms with van der Waals surface area (Å²) in [6.07, 6.45) is 0. The van der Waals surface area contributed by atoms with Crippen molar-refractivity contribution >= 4 is 23.7 Å². The minimum atomic E-state index is -1.24. The first-order valence-electron chi connectivity index (χ1n) is 5.41. The van der Waals surface area contributed by atoms with Gasteiger partial charge in [-0.05, 0) is 30.3 Å². The van der Waals surface area contributed by atoms with Crippen molar-refractivity contribution in [3.05, 3.63) is 59.7 Å². The highest BCUT2D eigenvalue weighted by Gasteiger charge is 2.16. The van der Waals surface area contributed by atoms with Crippen LogP contribution in [0.25, 0.3) is 0 Å². The van der Waals surface area contributed by atoms with Crippen molar-refractivity contribution in [2.75, 3.05) is 0 Å². The van der Waals surface area contributed by atoms with Crippen LogP contribution in [0.4, 0.5) is 0 Å². The minimum Gasteiger partial charge on any atom is -0.478 e. The quantitative estimate of drug-likeness (QED) is 0.895. The Balaban J connectivity index is 2.36. The van der Waals surface area contributed by atoms with Crippen molar-refractivity contribution in [2.24, 2.45) is 0 Å². The normalized spacial score (nSPS) is 10.1. The molecule has 0 radical (unpaired) electrons. The second-order valence-corrected chi connectivity index (χ2v) is 4.88. The zero-order chi connectivity index (χ0) is 13.8. The topological polar surface area (TPSA) is 74.6 Å². The Labute approximate surface area is 113 Å². The van der Waals surface area contributed by atoms with E-state index in [-0.39, 0.29) is 11.1 Å². The summed E-state index contributed by atoms with van der Waals surface area (Å²) < 4.78 is 0. The lowest BCUT2D eigenvalue weighted by atomic mass is 10.1. The Morgan fingerprint density at radius 3 is 2.00 bits per heavy atom. The molecule has 0 saturated heterocycles. The first-order valence-corrected chi connectivity index (χ1v) is 6.23. The molecule has 0 heterocycles. The van der Waals surface area contributed by atoms with Gasteiger partial charge in [-0.3, -0.25) is 0 Å². The molecule has 96 valence electrons. The smallest absolute Gasteiger partial charge is 0.336 e. The molecule has 0 aliphatic carbocycles. The summed E-state index contributed by atoms with van der Waals surface area (Å²) in [5, 5.41) is 18.0. The van der Waals surface area contributed by atoms with E-state index in [4.69, 9.17) is 10.2 Å². The van der Waals surface area contributed by atoms with Gasteiger partial charge in [0.25, 0.3) is 0 Å². The number of carboxylic acid groups (broad SMARTS) is 2. The van der Waals surface area contributed by atoms with E-state index in [1.165, 1.54) is 23.9 Å². The van der Waals surface area contributed by atoms with Crippen molar-refractivity contribution in [2.45, 2.75) is 9.79 Å². The fourth-order valence-corrected chi connectivity index (χ4v) is 2.45. The molecule has 19 heavy (non-hydrogen) atoms. The van der Waals surface area contributed by atoms with Crippen molar-refractivity contribution in [1.82, 2.24) is 0 Å². The van der Waals surface area contributed by atoms with Crippen LogP contribution in [-0.4, -0.2) is 22.2 Å². The Morgan fingerprint density at radius 2 is 1.42 bits per heavy atom. The standard InChI is InChI=1S/C14H10O4S/c15-13(16)11-7-6-10(8-12(11)14(17)18)19-9-4-2-1-3-5-9/h1-8H,(H,15,16)(H,17,18). The highest BCUT2D eigenvalue weighted by atomic mass is 32.2. The third kappa shape index (κ3) is 3.14. The summed E-state index contributed by atoms with van der Waals surface area (Å²) in [6, 6.07) is 13.7. The lowest BCUT2D eigenvalue weighted by Gasteiger charge is -2.05. The molecule has 2 rings (SSSR count). The average molecular weight is 274 g/mol. The summed E-state index contributed by atoms with van der Waals surface area (Å²) in [5.74, 6) is -2.48. The van der Waals surface area contributed by atoms with E-state index in [0.29, 0.717) is 4.90 Å². The number of aromatic carboxylic acids is 2. The maximum absolute atomic E-state index is 11.1. The van der Waals surface area contributed by atoms with Gasteiger partial charge in [0, 0.05) is 9.79 Å². The molecule has 0 fully saturated rings. The predicted octanol–water partition coefficient (Wildman–Crippen LogP) is 3.23. The maximum atomic E-state index is 11.1. The summed E-state index contributed by atoms with van der Waals surface area (Å²) in [4.78, 5) is 23.6. The SMILES string of the molecule is O=C(O)c1ccc(Sc2ccccc2)cc1C(=O)O. The monoisotopic (exact) mass is 274 g/mol. The van der Waals surface area contributed by atoms with Crippen LogP contribution in [0.15, 0.2) is 58.3 Å². The molecule has 0 atom stereocenters. The van der Waals surface area contributed by atoms with E-state index in [1.54, 1.807) is 6.07 Å². The largest absolute Gasteiger partial charge is 0.478 e. The summed E-state index contributed by atoms with van der Waals surface area (Å²) in [5.41, 5.74) is -0.404. The van der Waals surface area contributed by atoms with E-state index < -0.39 is 11.9 Å². The molecule has 0 bridgehead atoms. The van der Waals surface area contributed by atoms with Gasteiger partial charge in [0.1, 0.15) is 0 Å². The van der Waals surface area contributed by atoms with Gasteiger partial charge < -0.3 is 10.2 Å². The molecule has 2 aromatic rings. The van der Waals surface area contributed by atoms with E-state index in [0.717, 1.165) is 4.90 Å². The van der Waals surface area contributed by atoms with Gasteiger partial charge in [-0.1, -0.05) is 30.0 Å². The Kier molecular flexibility index (Phi) is 3.87. The van der Waals surface area contributed by atoms with Gasteiger partial charge in [0.15, 0.2) is 0 Å². The predicted molar refractivity (Wildman–Crippen MR) is 70.9 cm³/mol. The molecule has 0 aromatic heterocycles. The molecule has 5 heteroatoms. The van der Waals surface area contributed by atoms with E-state index in [9.17, 15) is 9.59 Å². The van der Waals surface area contributed by atoms with Crippen molar-refractivity contribution in [3.8, 4) is 0 Å². The van der Waals surface area contributed by atoms with Gasteiger partial charge in [0.05, 0.1) is 11.1 Å². The second-order valence-electron chi connectivity index (χ2n) is 3.73. The molecular formula is C14H10O4S. The lowest BCUT2D eigenvalue weighted by molar-refractivity contribution is 0.0651. The third-order valence-corrected chi connectivity index (χ3v) is 3.43. The lowest BCUT2D eigenvalue weighted by Crippen LogP contribution is -2.07.